The first kappa shape index (κ1) is 29.4. The molecule has 0 saturated heterocycles. The highest BCUT2D eigenvalue weighted by Crippen LogP contribution is 2.12. The van der Waals surface area contributed by atoms with Crippen LogP contribution < -0.4 is 10.6 Å². The molecule has 0 aromatic carbocycles. The maximum Gasteiger partial charge on any atom is 0.410 e. The van der Waals surface area contributed by atoms with E-state index in [9.17, 15) is 4.79 Å². The normalized spacial score (nSPS) is 11.5. The van der Waals surface area contributed by atoms with E-state index in [4.69, 9.17) is 9.47 Å². The van der Waals surface area contributed by atoms with Crippen LogP contribution in [0.4, 0.5) is 4.79 Å². The smallest absolute Gasteiger partial charge is 0.410 e. The number of aromatic nitrogens is 1. The van der Waals surface area contributed by atoms with Gasteiger partial charge in [-0.1, -0.05) is 6.07 Å². The highest BCUT2D eigenvalue weighted by molar-refractivity contribution is 14.0. The van der Waals surface area contributed by atoms with Crippen molar-refractivity contribution in [3.05, 3.63) is 30.1 Å². The van der Waals surface area contributed by atoms with Crippen LogP contribution in [0.5, 0.6) is 0 Å². The number of pyridine rings is 1. The lowest BCUT2D eigenvalue weighted by atomic mass is 10.2. The lowest BCUT2D eigenvalue weighted by Gasteiger charge is -2.27. The zero-order valence-corrected chi connectivity index (χ0v) is 22.0. The van der Waals surface area contributed by atoms with E-state index in [0.717, 1.165) is 50.5 Å². The summed E-state index contributed by atoms with van der Waals surface area (Å²) in [6, 6.07) is 3.83. The quantitative estimate of drug-likeness (QED) is 0.179. The van der Waals surface area contributed by atoms with Crippen molar-refractivity contribution in [2.45, 2.75) is 59.1 Å². The third kappa shape index (κ3) is 14.9. The number of rotatable bonds is 12. The Bertz CT molecular complexity index is 623. The van der Waals surface area contributed by atoms with Gasteiger partial charge in [0.1, 0.15) is 5.60 Å². The summed E-state index contributed by atoms with van der Waals surface area (Å²) >= 11 is 0. The molecule has 31 heavy (non-hydrogen) atoms. The van der Waals surface area contributed by atoms with Gasteiger partial charge in [0.15, 0.2) is 5.96 Å². The summed E-state index contributed by atoms with van der Waals surface area (Å²) in [5.74, 6) is 0.766. The SMILES string of the molecule is CCOCCCCNC(=NC)NCCCN(Cc1cccnc1)C(=O)OC(C)(C)C.I. The predicted molar refractivity (Wildman–Crippen MR) is 136 cm³/mol. The van der Waals surface area contributed by atoms with Crippen LogP contribution >= 0.6 is 24.0 Å². The standard InChI is InChI=1S/C22H39N5O3.HI/c1-6-29-16-8-7-13-25-20(23-5)26-14-10-15-27(21(28)30-22(2,3)4)18-19-11-9-12-24-17-19;/h9,11-12,17H,6-8,10,13-16,18H2,1-5H3,(H2,23,25,26);1H. The Hall–Kier alpha value is -1.62. The van der Waals surface area contributed by atoms with Gasteiger partial charge in [0.2, 0.25) is 0 Å². The summed E-state index contributed by atoms with van der Waals surface area (Å²) in [6.45, 7) is 11.8. The Morgan fingerprint density at radius 2 is 1.90 bits per heavy atom. The number of hydrogen-bond acceptors (Lipinski definition) is 5. The van der Waals surface area contributed by atoms with Crippen molar-refractivity contribution in [1.29, 1.82) is 0 Å². The molecule has 1 heterocycles. The van der Waals surface area contributed by atoms with Crippen LogP contribution in [0.15, 0.2) is 29.5 Å². The summed E-state index contributed by atoms with van der Waals surface area (Å²) in [5.41, 5.74) is 0.442. The average Bonchev–Trinajstić information content (AvgIpc) is 2.70. The summed E-state index contributed by atoms with van der Waals surface area (Å²) in [7, 11) is 1.75. The number of nitrogens with zero attached hydrogens (tertiary/aromatic N) is 3. The number of unbranched alkanes of at least 4 members (excludes halogenated alkanes) is 1. The van der Waals surface area contributed by atoms with Gasteiger partial charge >= 0.3 is 6.09 Å². The molecule has 0 unspecified atom stereocenters. The van der Waals surface area contributed by atoms with Crippen LogP contribution in [-0.2, 0) is 16.0 Å². The van der Waals surface area contributed by atoms with Crippen LogP contribution in [0.3, 0.4) is 0 Å². The predicted octanol–water partition coefficient (Wildman–Crippen LogP) is 3.81. The first-order chi connectivity index (χ1) is 14.4. The molecule has 1 aromatic heterocycles. The number of ether oxygens (including phenoxy) is 2. The van der Waals surface area contributed by atoms with Crippen molar-refractivity contribution < 1.29 is 14.3 Å². The number of guanidine groups is 1. The minimum Gasteiger partial charge on any atom is -0.444 e. The van der Waals surface area contributed by atoms with Crippen molar-refractivity contribution in [2.24, 2.45) is 4.99 Å². The Morgan fingerprint density at radius 3 is 2.48 bits per heavy atom. The lowest BCUT2D eigenvalue weighted by molar-refractivity contribution is 0.0232. The molecule has 8 nitrogen and oxygen atoms in total. The van der Waals surface area contributed by atoms with Gasteiger partial charge in [-0.25, -0.2) is 4.79 Å². The molecule has 0 fully saturated rings. The van der Waals surface area contributed by atoms with Crippen molar-refractivity contribution >= 4 is 36.0 Å². The van der Waals surface area contributed by atoms with Gasteiger partial charge < -0.3 is 25.0 Å². The van der Waals surface area contributed by atoms with Gasteiger partial charge in [-0.3, -0.25) is 9.98 Å². The van der Waals surface area contributed by atoms with Crippen LogP contribution in [0.2, 0.25) is 0 Å². The second kappa shape index (κ2) is 17.0. The Balaban J connectivity index is 0.00000900. The van der Waals surface area contributed by atoms with E-state index in [1.807, 2.05) is 39.8 Å². The summed E-state index contributed by atoms with van der Waals surface area (Å²) < 4.78 is 10.9. The number of hydrogen-bond donors (Lipinski definition) is 2. The fourth-order valence-corrected chi connectivity index (χ4v) is 2.65. The number of halogens is 1. The second-order valence-electron chi connectivity index (χ2n) is 7.95. The number of nitrogens with one attached hydrogen (secondary N) is 2. The maximum atomic E-state index is 12.6. The number of amides is 1. The molecule has 1 amide bonds. The highest BCUT2D eigenvalue weighted by atomic mass is 127. The van der Waals surface area contributed by atoms with E-state index in [2.05, 4.69) is 20.6 Å². The molecule has 9 heteroatoms. The molecule has 1 rings (SSSR count). The van der Waals surface area contributed by atoms with Gasteiger partial charge in [0.05, 0.1) is 6.54 Å². The lowest BCUT2D eigenvalue weighted by Crippen LogP contribution is -2.40. The van der Waals surface area contributed by atoms with Crippen molar-refractivity contribution in [2.75, 3.05) is 39.9 Å². The molecule has 178 valence electrons. The van der Waals surface area contributed by atoms with Gasteiger partial charge in [0, 0.05) is 52.3 Å². The molecule has 2 N–H and O–H groups in total. The molecule has 0 bridgehead atoms. The number of aliphatic imine (C=N–C) groups is 1. The summed E-state index contributed by atoms with van der Waals surface area (Å²) in [5, 5.41) is 6.59. The van der Waals surface area contributed by atoms with Gasteiger partial charge in [-0.15, -0.1) is 24.0 Å². The third-order valence-corrected chi connectivity index (χ3v) is 4.08. The fourth-order valence-electron chi connectivity index (χ4n) is 2.65. The second-order valence-corrected chi connectivity index (χ2v) is 7.95. The van der Waals surface area contributed by atoms with Gasteiger partial charge in [-0.05, 0) is 58.6 Å². The Labute approximate surface area is 204 Å². The van der Waals surface area contributed by atoms with Crippen molar-refractivity contribution in [3.8, 4) is 0 Å². The average molecular weight is 549 g/mol. The van der Waals surface area contributed by atoms with E-state index >= 15 is 0 Å². The van der Waals surface area contributed by atoms with Gasteiger partial charge in [0.25, 0.3) is 0 Å². The van der Waals surface area contributed by atoms with E-state index in [1.54, 1.807) is 24.3 Å². The van der Waals surface area contributed by atoms with Crippen LogP contribution in [-0.4, -0.2) is 67.4 Å². The van der Waals surface area contributed by atoms with Crippen LogP contribution in [0, 0.1) is 0 Å². The van der Waals surface area contributed by atoms with E-state index < -0.39 is 5.60 Å². The minimum absolute atomic E-state index is 0. The van der Waals surface area contributed by atoms with Crippen molar-refractivity contribution in [1.82, 2.24) is 20.5 Å². The van der Waals surface area contributed by atoms with Crippen LogP contribution in [0.1, 0.15) is 52.5 Å². The van der Waals surface area contributed by atoms with E-state index in [-0.39, 0.29) is 30.1 Å². The summed E-state index contributed by atoms with van der Waals surface area (Å²) in [6.07, 6.45) is 6.00. The van der Waals surface area contributed by atoms with Gasteiger partial charge in [-0.2, -0.15) is 0 Å². The molecule has 0 aliphatic heterocycles. The Morgan fingerprint density at radius 1 is 1.19 bits per heavy atom. The first-order valence-corrected chi connectivity index (χ1v) is 10.7. The van der Waals surface area contributed by atoms with E-state index in [1.165, 1.54) is 0 Å². The molecule has 0 radical (unpaired) electrons. The molecule has 0 aliphatic carbocycles. The maximum absolute atomic E-state index is 12.6. The Kier molecular flexibility index (Phi) is 16.1. The van der Waals surface area contributed by atoms with Crippen LogP contribution in [0.25, 0.3) is 0 Å². The highest BCUT2D eigenvalue weighted by Gasteiger charge is 2.22. The molecule has 0 aliphatic rings. The first-order valence-electron chi connectivity index (χ1n) is 10.7. The number of carbonyl (C=O) groups excluding carboxylic acids is 1. The zero-order chi connectivity index (χ0) is 22.2. The molecular weight excluding hydrogens is 509 g/mol. The molecule has 0 atom stereocenters. The zero-order valence-electron chi connectivity index (χ0n) is 19.6. The molecular formula is C22H40IN5O3. The minimum atomic E-state index is -0.531. The molecule has 1 aromatic rings. The third-order valence-electron chi connectivity index (χ3n) is 4.08. The summed E-state index contributed by atoms with van der Waals surface area (Å²) in [4.78, 5) is 22.7. The van der Waals surface area contributed by atoms with E-state index in [0.29, 0.717) is 19.6 Å². The molecule has 0 spiro atoms. The van der Waals surface area contributed by atoms with Crippen molar-refractivity contribution in [3.63, 3.8) is 0 Å². The topological polar surface area (TPSA) is 88.1 Å². The monoisotopic (exact) mass is 549 g/mol. The number of carbonyl (C=O) groups is 1. The fraction of sp³-hybridized carbons (Fsp3) is 0.682. The largest absolute Gasteiger partial charge is 0.444 e. The molecule has 0 saturated carbocycles.